The summed E-state index contributed by atoms with van der Waals surface area (Å²) in [4.78, 5) is 14.6. The summed E-state index contributed by atoms with van der Waals surface area (Å²) >= 11 is 5.88. The van der Waals surface area contributed by atoms with Crippen molar-refractivity contribution in [3.8, 4) is 0 Å². The molecule has 1 aromatic rings. The van der Waals surface area contributed by atoms with Crippen LogP contribution in [0.3, 0.4) is 0 Å². The van der Waals surface area contributed by atoms with Crippen LogP contribution in [0.15, 0.2) is 12.3 Å². The normalized spacial score (nSPS) is 15.8. The molecule has 1 heterocycles. The fourth-order valence-corrected chi connectivity index (χ4v) is 1.54. The van der Waals surface area contributed by atoms with Gasteiger partial charge in [-0.1, -0.05) is 11.6 Å². The molecule has 0 saturated heterocycles. The molecule has 0 radical (unpaired) electrons. The average Bonchev–Trinajstić information content (AvgIpc) is 2.87. The van der Waals surface area contributed by atoms with Crippen LogP contribution in [0.4, 0.5) is 0 Å². The summed E-state index contributed by atoms with van der Waals surface area (Å²) in [5.74, 6) is -0.535. The molecular formula is C9H8ClNO2. The molecule has 2 rings (SSSR count). The molecule has 0 spiro atoms. The van der Waals surface area contributed by atoms with Gasteiger partial charge in [0.1, 0.15) is 0 Å². The van der Waals surface area contributed by atoms with Crippen LogP contribution in [0.5, 0.6) is 0 Å². The summed E-state index contributed by atoms with van der Waals surface area (Å²) in [5, 5.41) is 9.13. The maximum Gasteiger partial charge on any atom is 0.337 e. The molecule has 1 aromatic heterocycles. The summed E-state index contributed by atoms with van der Waals surface area (Å²) in [7, 11) is 0. The minimum atomic E-state index is -0.989. The van der Waals surface area contributed by atoms with Crippen LogP contribution in [-0.2, 0) is 0 Å². The van der Waals surface area contributed by atoms with Gasteiger partial charge in [0.25, 0.3) is 0 Å². The van der Waals surface area contributed by atoms with Crippen molar-refractivity contribution in [3.05, 3.63) is 28.5 Å². The summed E-state index contributed by atoms with van der Waals surface area (Å²) in [6.07, 6.45) is 3.58. The van der Waals surface area contributed by atoms with Gasteiger partial charge in [0, 0.05) is 12.1 Å². The van der Waals surface area contributed by atoms with E-state index in [4.69, 9.17) is 16.7 Å². The van der Waals surface area contributed by atoms with E-state index in [0.29, 0.717) is 10.9 Å². The Morgan fingerprint density at radius 3 is 2.77 bits per heavy atom. The van der Waals surface area contributed by atoms with Crippen molar-refractivity contribution >= 4 is 17.6 Å². The maximum absolute atomic E-state index is 10.6. The van der Waals surface area contributed by atoms with E-state index in [0.717, 1.165) is 18.5 Å². The van der Waals surface area contributed by atoms with Crippen molar-refractivity contribution in [1.82, 2.24) is 4.98 Å². The van der Waals surface area contributed by atoms with Crippen LogP contribution < -0.4 is 0 Å². The number of aromatic nitrogens is 1. The number of rotatable bonds is 2. The first-order valence-electron chi connectivity index (χ1n) is 4.07. The molecule has 68 valence electrons. The molecule has 0 atom stereocenters. The quantitative estimate of drug-likeness (QED) is 0.792. The second-order valence-corrected chi connectivity index (χ2v) is 3.58. The molecule has 3 nitrogen and oxygen atoms in total. The lowest BCUT2D eigenvalue weighted by Gasteiger charge is -2.01. The van der Waals surface area contributed by atoms with Gasteiger partial charge >= 0.3 is 5.97 Å². The number of hydrogen-bond donors (Lipinski definition) is 1. The van der Waals surface area contributed by atoms with Gasteiger partial charge in [-0.3, -0.25) is 4.98 Å². The highest BCUT2D eigenvalue weighted by Gasteiger charge is 2.27. The molecule has 1 aliphatic rings. The smallest absolute Gasteiger partial charge is 0.337 e. The molecule has 13 heavy (non-hydrogen) atoms. The minimum absolute atomic E-state index is 0.148. The molecule has 0 aromatic carbocycles. The number of nitrogens with zero attached hydrogens (tertiary/aromatic N) is 1. The summed E-state index contributed by atoms with van der Waals surface area (Å²) in [6, 6.07) is 1.46. The molecule has 1 saturated carbocycles. The molecular weight excluding hydrogens is 190 g/mol. The number of pyridine rings is 1. The standard InChI is InChI=1S/C9H8ClNO2/c10-7-3-6(9(12)13)4-11-8(7)5-1-2-5/h3-5H,1-2H2,(H,12,13). The molecule has 0 amide bonds. The second kappa shape index (κ2) is 3.00. The lowest BCUT2D eigenvalue weighted by molar-refractivity contribution is 0.0696. The SMILES string of the molecule is O=C(O)c1cnc(C2CC2)c(Cl)c1. The number of halogens is 1. The van der Waals surface area contributed by atoms with Gasteiger partial charge in [-0.2, -0.15) is 0 Å². The maximum atomic E-state index is 10.6. The van der Waals surface area contributed by atoms with E-state index in [1.807, 2.05) is 0 Å². The van der Waals surface area contributed by atoms with E-state index in [2.05, 4.69) is 4.98 Å². The third-order valence-electron chi connectivity index (χ3n) is 2.08. The van der Waals surface area contributed by atoms with Gasteiger partial charge in [0.05, 0.1) is 16.3 Å². The third-order valence-corrected chi connectivity index (χ3v) is 2.38. The molecule has 1 N–H and O–H groups in total. The van der Waals surface area contributed by atoms with Gasteiger partial charge in [0.15, 0.2) is 0 Å². The van der Waals surface area contributed by atoms with Crippen molar-refractivity contribution in [1.29, 1.82) is 0 Å². The zero-order chi connectivity index (χ0) is 9.42. The number of carboxylic acid groups (broad SMARTS) is 1. The lowest BCUT2D eigenvalue weighted by atomic mass is 10.2. The van der Waals surface area contributed by atoms with Gasteiger partial charge < -0.3 is 5.11 Å². The Kier molecular flexibility index (Phi) is 1.96. The van der Waals surface area contributed by atoms with Crippen LogP contribution in [0, 0.1) is 0 Å². The first kappa shape index (κ1) is 8.51. The van der Waals surface area contributed by atoms with E-state index in [1.54, 1.807) is 0 Å². The Morgan fingerprint density at radius 2 is 2.31 bits per heavy atom. The van der Waals surface area contributed by atoms with Gasteiger partial charge in [-0.05, 0) is 18.9 Å². The Labute approximate surface area is 80.4 Å². The fraction of sp³-hybridized carbons (Fsp3) is 0.333. The Bertz CT molecular complexity index is 361. The van der Waals surface area contributed by atoms with Gasteiger partial charge in [-0.25, -0.2) is 4.79 Å². The molecule has 1 fully saturated rings. The van der Waals surface area contributed by atoms with Crippen LogP contribution in [0.25, 0.3) is 0 Å². The molecule has 4 heteroatoms. The predicted molar refractivity (Wildman–Crippen MR) is 48.2 cm³/mol. The largest absolute Gasteiger partial charge is 0.478 e. The summed E-state index contributed by atoms with van der Waals surface area (Å²) in [6.45, 7) is 0. The van der Waals surface area contributed by atoms with E-state index in [-0.39, 0.29) is 5.56 Å². The highest BCUT2D eigenvalue weighted by molar-refractivity contribution is 6.31. The van der Waals surface area contributed by atoms with E-state index in [1.165, 1.54) is 12.3 Å². The Morgan fingerprint density at radius 1 is 1.62 bits per heavy atom. The van der Waals surface area contributed by atoms with Crippen molar-refractivity contribution < 1.29 is 9.90 Å². The Hall–Kier alpha value is -1.09. The molecule has 0 bridgehead atoms. The van der Waals surface area contributed by atoms with Crippen LogP contribution in [-0.4, -0.2) is 16.1 Å². The minimum Gasteiger partial charge on any atom is -0.478 e. The first-order valence-corrected chi connectivity index (χ1v) is 4.45. The topological polar surface area (TPSA) is 50.2 Å². The number of carboxylic acids is 1. The van der Waals surface area contributed by atoms with Gasteiger partial charge in [0.2, 0.25) is 0 Å². The predicted octanol–water partition coefficient (Wildman–Crippen LogP) is 2.31. The fourth-order valence-electron chi connectivity index (χ4n) is 1.22. The zero-order valence-electron chi connectivity index (χ0n) is 6.83. The zero-order valence-corrected chi connectivity index (χ0v) is 7.58. The monoisotopic (exact) mass is 197 g/mol. The molecule has 0 unspecified atom stereocenters. The van der Waals surface area contributed by atoms with Crippen molar-refractivity contribution in [2.24, 2.45) is 0 Å². The number of hydrogen-bond acceptors (Lipinski definition) is 2. The molecule has 0 aliphatic heterocycles. The highest BCUT2D eigenvalue weighted by atomic mass is 35.5. The Balaban J connectivity index is 2.36. The van der Waals surface area contributed by atoms with E-state index in [9.17, 15) is 4.79 Å². The van der Waals surface area contributed by atoms with Crippen LogP contribution in [0.1, 0.15) is 34.8 Å². The van der Waals surface area contributed by atoms with Crippen LogP contribution in [0.2, 0.25) is 5.02 Å². The summed E-state index contributed by atoms with van der Waals surface area (Å²) < 4.78 is 0. The van der Waals surface area contributed by atoms with Crippen molar-refractivity contribution in [2.75, 3.05) is 0 Å². The number of aromatic carboxylic acids is 1. The van der Waals surface area contributed by atoms with Crippen molar-refractivity contribution in [2.45, 2.75) is 18.8 Å². The lowest BCUT2D eigenvalue weighted by Crippen LogP contribution is -1.99. The van der Waals surface area contributed by atoms with Gasteiger partial charge in [-0.15, -0.1) is 0 Å². The molecule has 1 aliphatic carbocycles. The average molecular weight is 198 g/mol. The first-order chi connectivity index (χ1) is 6.18. The third kappa shape index (κ3) is 1.65. The second-order valence-electron chi connectivity index (χ2n) is 3.17. The number of carbonyl (C=O) groups is 1. The van der Waals surface area contributed by atoms with Crippen molar-refractivity contribution in [3.63, 3.8) is 0 Å². The highest BCUT2D eigenvalue weighted by Crippen LogP contribution is 2.41. The van der Waals surface area contributed by atoms with Crippen LogP contribution >= 0.6 is 11.6 Å². The van der Waals surface area contributed by atoms with E-state index >= 15 is 0 Å². The summed E-state index contributed by atoms with van der Waals surface area (Å²) in [5.41, 5.74) is 0.987. The van der Waals surface area contributed by atoms with E-state index < -0.39 is 5.97 Å².